The fourth-order valence-electron chi connectivity index (χ4n) is 10.6. The zero-order chi connectivity index (χ0) is 44.3. The first kappa shape index (κ1) is 38.0. The Bertz CT molecular complexity index is 4120. The molecule has 0 aliphatic heterocycles. The third-order valence-corrected chi connectivity index (χ3v) is 16.0. The molecule has 0 unspecified atom stereocenters. The average Bonchev–Trinajstić information content (AvgIpc) is 4.14. The summed E-state index contributed by atoms with van der Waals surface area (Å²) < 4.78 is 9.81. The van der Waals surface area contributed by atoms with Gasteiger partial charge in [0.2, 0.25) is 0 Å². The molecule has 0 amide bonds. The van der Waals surface area contributed by atoms with Crippen LogP contribution < -0.4 is 0 Å². The van der Waals surface area contributed by atoms with Gasteiger partial charge in [-0.3, -0.25) is 10.1 Å². The summed E-state index contributed by atoms with van der Waals surface area (Å²) in [5, 5.41) is 22.4. The largest absolute Gasteiger partial charge is 0.309 e. The number of nitrogens with zero attached hydrogens (tertiary/aromatic N) is 3. The molecular weight excluding hydrogens is 859 g/mol. The second kappa shape index (κ2) is 14.6. The maximum atomic E-state index is 12.6. The molecule has 14 rings (SSSR count). The molecule has 0 saturated carbocycles. The van der Waals surface area contributed by atoms with Crippen molar-refractivity contribution in [3.8, 4) is 44.8 Å². The maximum absolute atomic E-state index is 12.6. The molecule has 7 heteroatoms. The summed E-state index contributed by atoms with van der Waals surface area (Å²) >= 11 is 3.69. The van der Waals surface area contributed by atoms with Gasteiger partial charge in [-0.25, -0.2) is 0 Å². The first-order valence-corrected chi connectivity index (χ1v) is 24.0. The van der Waals surface area contributed by atoms with Crippen LogP contribution in [0.2, 0.25) is 0 Å². The van der Waals surface area contributed by atoms with Gasteiger partial charge in [-0.1, -0.05) is 109 Å². The van der Waals surface area contributed by atoms with Gasteiger partial charge in [-0.05, 0) is 125 Å². The normalized spacial score (nSPS) is 12.0. The van der Waals surface area contributed by atoms with Gasteiger partial charge in [-0.15, -0.1) is 22.7 Å². The van der Waals surface area contributed by atoms with E-state index in [0.29, 0.717) is 5.56 Å². The molecule has 0 radical (unpaired) electrons. The van der Waals surface area contributed by atoms with E-state index in [1.807, 2.05) is 34.8 Å². The lowest BCUT2D eigenvalue weighted by molar-refractivity contribution is -0.384. The molecule has 0 bridgehead atoms. The number of hydrogen-bond acceptors (Lipinski definition) is 4. The molecule has 4 aromatic heterocycles. The van der Waals surface area contributed by atoms with Crippen LogP contribution in [0.15, 0.2) is 212 Å². The number of nitro benzene ring substituents is 1. The Hall–Kier alpha value is -8.36. The summed E-state index contributed by atoms with van der Waals surface area (Å²) in [7, 11) is 0. The third-order valence-electron chi connectivity index (χ3n) is 13.6. The molecule has 0 N–H and O–H groups in total. The lowest BCUT2D eigenvalue weighted by Gasteiger charge is -2.13. The van der Waals surface area contributed by atoms with E-state index in [2.05, 4.69) is 197 Å². The highest BCUT2D eigenvalue weighted by atomic mass is 32.1. The van der Waals surface area contributed by atoms with Crippen LogP contribution in [0.3, 0.4) is 0 Å². The van der Waals surface area contributed by atoms with Crippen molar-refractivity contribution < 1.29 is 4.92 Å². The number of rotatable bonds is 6. The van der Waals surface area contributed by atoms with Crippen LogP contribution in [0.5, 0.6) is 0 Å². The zero-order valence-corrected chi connectivity index (χ0v) is 37.3. The van der Waals surface area contributed by atoms with E-state index in [1.165, 1.54) is 51.1 Å². The molecule has 10 aromatic carbocycles. The summed E-state index contributed by atoms with van der Waals surface area (Å²) in [6.07, 6.45) is 0. The van der Waals surface area contributed by atoms with E-state index < -0.39 is 0 Å². The van der Waals surface area contributed by atoms with Crippen LogP contribution >= 0.6 is 22.7 Å². The molecule has 0 spiro atoms. The van der Waals surface area contributed by atoms with Gasteiger partial charge in [0.05, 0.1) is 32.6 Å². The van der Waals surface area contributed by atoms with Crippen molar-refractivity contribution in [2.45, 2.75) is 0 Å². The number of nitro groups is 1. The highest BCUT2D eigenvalue weighted by molar-refractivity contribution is 7.27. The Morgan fingerprint density at radius 2 is 0.791 bits per heavy atom. The summed E-state index contributed by atoms with van der Waals surface area (Å²) in [5.41, 5.74) is 12.2. The number of benzene rings is 10. The highest BCUT2D eigenvalue weighted by Crippen LogP contribution is 2.47. The molecule has 14 aromatic rings. The van der Waals surface area contributed by atoms with Crippen LogP contribution in [-0.4, -0.2) is 14.1 Å². The Morgan fingerprint density at radius 3 is 1.30 bits per heavy atom. The Morgan fingerprint density at radius 1 is 0.358 bits per heavy atom. The van der Waals surface area contributed by atoms with Gasteiger partial charge in [0.25, 0.3) is 5.69 Å². The van der Waals surface area contributed by atoms with E-state index in [1.54, 1.807) is 12.1 Å². The standard InChI is InChI=1S/C60H35N3O2S2/c64-63(65)52-20-10-7-17-43(52)40-32-38(36-23-27-50-48(34-36)57-53(61(50)41-13-3-1-4-14-41)29-25-46-44-18-8-11-21-55(44)66-59(46)57)31-39(33-40)37-24-28-51-49(35-37)58-54(62(51)42-15-5-2-6-16-42)30-26-47-45-19-9-12-22-56(45)67-60(47)58/h1-35H. The summed E-state index contributed by atoms with van der Waals surface area (Å²) in [6.45, 7) is 0. The second-order valence-corrected chi connectivity index (χ2v) is 19.4. The van der Waals surface area contributed by atoms with Gasteiger partial charge >= 0.3 is 0 Å². The van der Waals surface area contributed by atoms with Gasteiger partial charge < -0.3 is 9.13 Å². The van der Waals surface area contributed by atoms with Crippen LogP contribution in [0.25, 0.3) is 129 Å². The Balaban J connectivity index is 1.04. The van der Waals surface area contributed by atoms with Gasteiger partial charge in [0.1, 0.15) is 0 Å². The smallest absolute Gasteiger partial charge is 0.277 e. The minimum absolute atomic E-state index is 0.0766. The van der Waals surface area contributed by atoms with Gasteiger partial charge in [0, 0.05) is 79.3 Å². The highest BCUT2D eigenvalue weighted by Gasteiger charge is 2.22. The van der Waals surface area contributed by atoms with Crippen molar-refractivity contribution in [2.75, 3.05) is 0 Å². The predicted molar refractivity (Wildman–Crippen MR) is 284 cm³/mol. The lowest BCUT2D eigenvalue weighted by Crippen LogP contribution is -1.94. The first-order valence-electron chi connectivity index (χ1n) is 22.3. The molecule has 0 fully saturated rings. The van der Waals surface area contributed by atoms with Crippen LogP contribution in [0.4, 0.5) is 5.69 Å². The number of aromatic nitrogens is 2. The number of thiophene rings is 2. The molecular formula is C60H35N3O2S2. The van der Waals surface area contributed by atoms with E-state index in [4.69, 9.17) is 0 Å². The van der Waals surface area contributed by atoms with Crippen LogP contribution in [-0.2, 0) is 0 Å². The van der Waals surface area contributed by atoms with Crippen molar-refractivity contribution >= 4 is 112 Å². The fourth-order valence-corrected chi connectivity index (χ4v) is 13.2. The minimum Gasteiger partial charge on any atom is -0.309 e. The molecule has 314 valence electrons. The third kappa shape index (κ3) is 5.72. The summed E-state index contributed by atoms with van der Waals surface area (Å²) in [4.78, 5) is 12.4. The van der Waals surface area contributed by atoms with Crippen LogP contribution in [0, 0.1) is 10.1 Å². The van der Waals surface area contributed by atoms with Crippen LogP contribution in [0.1, 0.15) is 0 Å². The quantitative estimate of drug-likeness (QED) is 0.123. The van der Waals surface area contributed by atoms with E-state index in [9.17, 15) is 10.1 Å². The van der Waals surface area contributed by atoms with Crippen molar-refractivity contribution in [1.29, 1.82) is 0 Å². The van der Waals surface area contributed by atoms with Gasteiger partial charge in [-0.2, -0.15) is 0 Å². The van der Waals surface area contributed by atoms with Crippen molar-refractivity contribution in [3.63, 3.8) is 0 Å². The number of hydrogen-bond donors (Lipinski definition) is 0. The molecule has 0 atom stereocenters. The zero-order valence-electron chi connectivity index (χ0n) is 35.7. The molecule has 67 heavy (non-hydrogen) atoms. The van der Waals surface area contributed by atoms with Gasteiger partial charge in [0.15, 0.2) is 0 Å². The minimum atomic E-state index is -0.275. The van der Waals surface area contributed by atoms with Crippen molar-refractivity contribution in [2.24, 2.45) is 0 Å². The summed E-state index contributed by atoms with van der Waals surface area (Å²) in [6, 6.07) is 74.8. The topological polar surface area (TPSA) is 53.0 Å². The predicted octanol–water partition coefficient (Wildman–Crippen LogP) is 17.5. The lowest BCUT2D eigenvalue weighted by atomic mass is 9.91. The molecule has 0 saturated heterocycles. The Labute approximate surface area is 391 Å². The number of fused-ring (bicyclic) bond motifs is 14. The molecule has 0 aliphatic carbocycles. The van der Waals surface area contributed by atoms with E-state index in [-0.39, 0.29) is 10.6 Å². The second-order valence-electron chi connectivity index (χ2n) is 17.2. The Kier molecular flexibility index (Phi) is 8.26. The monoisotopic (exact) mass is 893 g/mol. The SMILES string of the molecule is O=[N+]([O-])c1ccccc1-c1cc(-c2ccc3c(c2)c2c4sc5ccccc5c4ccc2n3-c2ccccc2)cc(-c2ccc3c(c2)c2c4sc5ccccc5c4ccc2n3-c2ccccc2)c1. The molecule has 4 heterocycles. The fraction of sp³-hybridized carbons (Fsp3) is 0. The van der Waals surface area contributed by atoms with E-state index in [0.717, 1.165) is 72.0 Å². The first-order chi connectivity index (χ1) is 33.1. The van der Waals surface area contributed by atoms with E-state index >= 15 is 0 Å². The van der Waals surface area contributed by atoms with Crippen molar-refractivity contribution in [1.82, 2.24) is 9.13 Å². The molecule has 5 nitrogen and oxygen atoms in total. The van der Waals surface area contributed by atoms with Crippen molar-refractivity contribution in [3.05, 3.63) is 222 Å². The average molecular weight is 894 g/mol. The number of para-hydroxylation sites is 3. The maximum Gasteiger partial charge on any atom is 0.277 e. The summed E-state index contributed by atoms with van der Waals surface area (Å²) in [5.74, 6) is 0. The molecule has 0 aliphatic rings.